The first kappa shape index (κ1) is 17.5. The zero-order valence-electron chi connectivity index (χ0n) is 13.2. The Morgan fingerprint density at radius 3 is 2.30 bits per heavy atom. The van der Waals surface area contributed by atoms with Gasteiger partial charge in [0.05, 0.1) is 6.42 Å². The Balaban J connectivity index is 2.34. The molecule has 0 fully saturated rings. The van der Waals surface area contributed by atoms with Crippen LogP contribution in [0.2, 0.25) is 0 Å². The summed E-state index contributed by atoms with van der Waals surface area (Å²) >= 11 is 0. The van der Waals surface area contributed by atoms with Gasteiger partial charge >= 0.3 is 6.18 Å². The van der Waals surface area contributed by atoms with E-state index in [1.54, 1.807) is 51.1 Å². The van der Waals surface area contributed by atoms with Crippen LogP contribution in [0.15, 0.2) is 35.4 Å². The lowest BCUT2D eigenvalue weighted by atomic mass is 9.80. The lowest BCUT2D eigenvalue weighted by molar-refractivity contribution is -0.181. The van der Waals surface area contributed by atoms with E-state index in [9.17, 15) is 23.1 Å². The summed E-state index contributed by atoms with van der Waals surface area (Å²) in [4.78, 5) is 12.4. The van der Waals surface area contributed by atoms with Gasteiger partial charge in [-0.2, -0.15) is 18.3 Å². The summed E-state index contributed by atoms with van der Waals surface area (Å²) in [6.45, 7) is 4.72. The van der Waals surface area contributed by atoms with Crippen molar-refractivity contribution >= 4 is 11.6 Å². The summed E-state index contributed by atoms with van der Waals surface area (Å²) in [7, 11) is 0. The summed E-state index contributed by atoms with van der Waals surface area (Å²) in [5.41, 5.74) is -3.50. The van der Waals surface area contributed by atoms with Crippen molar-refractivity contribution in [3.8, 4) is 0 Å². The van der Waals surface area contributed by atoms with E-state index >= 15 is 0 Å². The molecule has 1 aromatic rings. The zero-order valence-corrected chi connectivity index (χ0v) is 13.2. The van der Waals surface area contributed by atoms with Gasteiger partial charge < -0.3 is 5.11 Å². The van der Waals surface area contributed by atoms with Gasteiger partial charge in [-0.15, -0.1) is 0 Å². The number of rotatable bonds is 2. The Labute approximate surface area is 132 Å². The fourth-order valence-electron chi connectivity index (χ4n) is 2.39. The van der Waals surface area contributed by atoms with E-state index in [0.717, 1.165) is 0 Å². The second-order valence-corrected chi connectivity index (χ2v) is 6.66. The molecule has 1 unspecified atom stereocenters. The van der Waals surface area contributed by atoms with Crippen LogP contribution in [-0.4, -0.2) is 33.6 Å². The van der Waals surface area contributed by atoms with Crippen LogP contribution in [0.5, 0.6) is 0 Å². The maximum absolute atomic E-state index is 13.0. The second kappa shape index (κ2) is 5.63. The van der Waals surface area contributed by atoms with Crippen molar-refractivity contribution in [3.63, 3.8) is 0 Å². The molecule has 2 rings (SSSR count). The van der Waals surface area contributed by atoms with Crippen molar-refractivity contribution in [1.82, 2.24) is 5.01 Å². The average Bonchev–Trinajstić information content (AvgIpc) is 2.79. The normalized spacial score (nSPS) is 22.2. The fourth-order valence-corrected chi connectivity index (χ4v) is 2.39. The number of nitrogens with zero attached hydrogens (tertiary/aromatic N) is 2. The molecule has 0 saturated heterocycles. The molecule has 0 bridgehead atoms. The van der Waals surface area contributed by atoms with Crippen LogP contribution in [0, 0.1) is 5.41 Å². The van der Waals surface area contributed by atoms with Gasteiger partial charge in [0.25, 0.3) is 0 Å². The maximum Gasteiger partial charge on any atom is 0.431 e. The minimum atomic E-state index is -4.68. The van der Waals surface area contributed by atoms with Crippen molar-refractivity contribution in [1.29, 1.82) is 0 Å². The predicted molar refractivity (Wildman–Crippen MR) is 79.5 cm³/mol. The molecule has 1 aliphatic heterocycles. The highest BCUT2D eigenvalue weighted by molar-refractivity contribution is 5.94. The number of hydrazone groups is 1. The van der Waals surface area contributed by atoms with E-state index in [0.29, 0.717) is 10.6 Å². The predicted octanol–water partition coefficient (Wildman–Crippen LogP) is 3.11. The molecule has 1 amide bonds. The summed E-state index contributed by atoms with van der Waals surface area (Å²) in [6.07, 6.45) is -5.55. The summed E-state index contributed by atoms with van der Waals surface area (Å²) in [5, 5.41) is 14.8. The molecule has 1 atom stereocenters. The van der Waals surface area contributed by atoms with E-state index in [4.69, 9.17) is 0 Å². The number of carbonyl (C=O) groups is 1. The number of benzene rings is 1. The molecule has 1 heterocycles. The van der Waals surface area contributed by atoms with Gasteiger partial charge in [0.15, 0.2) is 5.72 Å². The molecule has 0 spiro atoms. The fraction of sp³-hybridized carbons (Fsp3) is 0.500. The number of halogens is 3. The number of aliphatic hydroxyl groups is 1. The van der Waals surface area contributed by atoms with Gasteiger partial charge in [-0.1, -0.05) is 51.1 Å². The van der Waals surface area contributed by atoms with Crippen LogP contribution < -0.4 is 0 Å². The molecular weight excluding hydrogens is 309 g/mol. The topological polar surface area (TPSA) is 52.9 Å². The van der Waals surface area contributed by atoms with E-state index in [1.165, 1.54) is 0 Å². The summed E-state index contributed by atoms with van der Waals surface area (Å²) < 4.78 is 38.9. The Hall–Kier alpha value is -1.89. The molecule has 1 aromatic carbocycles. The SMILES string of the molecule is CC(C)(C)C1(O)CC(C(F)(F)F)=NN1C(=O)Cc1ccccc1. The van der Waals surface area contributed by atoms with E-state index in [-0.39, 0.29) is 6.42 Å². The van der Waals surface area contributed by atoms with Gasteiger partial charge in [0.1, 0.15) is 5.71 Å². The third-order valence-corrected chi connectivity index (χ3v) is 3.95. The Bertz CT molecular complexity index is 620. The maximum atomic E-state index is 13.0. The first-order chi connectivity index (χ1) is 10.4. The van der Waals surface area contributed by atoms with Crippen LogP contribution >= 0.6 is 0 Å². The Morgan fingerprint density at radius 2 is 1.83 bits per heavy atom. The van der Waals surface area contributed by atoms with Gasteiger partial charge in [0, 0.05) is 11.8 Å². The van der Waals surface area contributed by atoms with Crippen LogP contribution in [-0.2, 0) is 11.2 Å². The molecule has 1 N–H and O–H groups in total. The minimum Gasteiger partial charge on any atom is -0.368 e. The van der Waals surface area contributed by atoms with Crippen LogP contribution in [0.4, 0.5) is 13.2 Å². The summed E-state index contributed by atoms with van der Waals surface area (Å²) in [5.74, 6) is -0.673. The average molecular weight is 328 g/mol. The molecular formula is C16H19F3N2O2. The van der Waals surface area contributed by atoms with Crippen molar-refractivity contribution in [2.75, 3.05) is 0 Å². The van der Waals surface area contributed by atoms with Crippen molar-refractivity contribution in [2.45, 2.75) is 45.5 Å². The first-order valence-electron chi connectivity index (χ1n) is 7.19. The highest BCUT2D eigenvalue weighted by Gasteiger charge is 2.57. The third-order valence-electron chi connectivity index (χ3n) is 3.95. The largest absolute Gasteiger partial charge is 0.431 e. The number of hydrogen-bond donors (Lipinski definition) is 1. The van der Waals surface area contributed by atoms with Gasteiger partial charge in [-0.3, -0.25) is 4.79 Å². The molecule has 23 heavy (non-hydrogen) atoms. The third kappa shape index (κ3) is 3.39. The monoisotopic (exact) mass is 328 g/mol. The smallest absolute Gasteiger partial charge is 0.368 e. The quantitative estimate of drug-likeness (QED) is 0.907. The van der Waals surface area contributed by atoms with Gasteiger partial charge in [0.2, 0.25) is 5.91 Å². The summed E-state index contributed by atoms with van der Waals surface area (Å²) in [6, 6.07) is 8.62. The van der Waals surface area contributed by atoms with Crippen molar-refractivity contribution < 1.29 is 23.1 Å². The lowest BCUT2D eigenvalue weighted by Gasteiger charge is -2.41. The zero-order chi connectivity index (χ0) is 17.5. The molecule has 0 radical (unpaired) electrons. The van der Waals surface area contributed by atoms with E-state index in [2.05, 4.69) is 5.10 Å². The Morgan fingerprint density at radius 1 is 1.26 bits per heavy atom. The number of amides is 1. The molecule has 1 aliphatic rings. The number of carbonyl (C=O) groups excluding carboxylic acids is 1. The number of alkyl halides is 3. The van der Waals surface area contributed by atoms with Crippen molar-refractivity contribution in [2.24, 2.45) is 10.5 Å². The lowest BCUT2D eigenvalue weighted by Crippen LogP contribution is -2.55. The van der Waals surface area contributed by atoms with Crippen molar-refractivity contribution in [3.05, 3.63) is 35.9 Å². The van der Waals surface area contributed by atoms with Gasteiger partial charge in [-0.25, -0.2) is 5.01 Å². The second-order valence-electron chi connectivity index (χ2n) is 6.66. The molecule has 126 valence electrons. The minimum absolute atomic E-state index is 0.131. The highest BCUT2D eigenvalue weighted by atomic mass is 19.4. The van der Waals surface area contributed by atoms with E-state index in [1.807, 2.05) is 0 Å². The van der Waals surface area contributed by atoms with Crippen LogP contribution in [0.25, 0.3) is 0 Å². The molecule has 7 heteroatoms. The van der Waals surface area contributed by atoms with E-state index < -0.39 is 35.4 Å². The highest BCUT2D eigenvalue weighted by Crippen LogP contribution is 2.43. The van der Waals surface area contributed by atoms with Crippen LogP contribution in [0.3, 0.4) is 0 Å². The Kier molecular flexibility index (Phi) is 4.28. The molecule has 0 aromatic heterocycles. The van der Waals surface area contributed by atoms with Gasteiger partial charge in [-0.05, 0) is 5.56 Å². The molecule has 0 aliphatic carbocycles. The standard InChI is InChI=1S/C16H19F3N2O2/c1-14(2,3)15(23)10-12(16(17,18)19)20-21(15)13(22)9-11-7-5-4-6-8-11/h4-8,23H,9-10H2,1-3H3. The first-order valence-corrected chi connectivity index (χ1v) is 7.19. The molecule has 4 nitrogen and oxygen atoms in total. The number of hydrogen-bond acceptors (Lipinski definition) is 3. The van der Waals surface area contributed by atoms with Crippen LogP contribution in [0.1, 0.15) is 32.8 Å². The molecule has 0 saturated carbocycles.